The fourth-order valence-electron chi connectivity index (χ4n) is 1.96. The molecule has 0 aromatic heterocycles. The second-order valence-electron chi connectivity index (χ2n) is 4.11. The Labute approximate surface area is 108 Å². The average Bonchev–Trinajstić information content (AvgIpc) is 2.30. The van der Waals surface area contributed by atoms with Crippen molar-refractivity contribution in [2.75, 3.05) is 18.4 Å². The summed E-state index contributed by atoms with van der Waals surface area (Å²) in [5.41, 5.74) is 1.01. The molecule has 5 nitrogen and oxygen atoms in total. The number of nitrogens with zero attached hydrogens (tertiary/aromatic N) is 1. The number of nitro groups is 1. The molecule has 1 heterocycles. The predicted octanol–water partition coefficient (Wildman–Crippen LogP) is 2.52. The summed E-state index contributed by atoms with van der Waals surface area (Å²) < 4.78 is 0.510. The van der Waals surface area contributed by atoms with Crippen LogP contribution in [0, 0.1) is 10.1 Å². The Bertz CT molecular complexity index is 419. The Morgan fingerprint density at radius 1 is 1.53 bits per heavy atom. The smallest absolute Gasteiger partial charge is 0.283 e. The molecule has 1 aromatic carbocycles. The molecule has 6 heteroatoms. The maximum absolute atomic E-state index is 10.7. The highest BCUT2D eigenvalue weighted by Gasteiger charge is 2.15. The number of nitro benzene ring substituents is 1. The molecule has 2 rings (SSSR count). The van der Waals surface area contributed by atoms with E-state index in [2.05, 4.69) is 26.6 Å². The van der Waals surface area contributed by atoms with Crippen LogP contribution in [0.15, 0.2) is 22.7 Å². The molecule has 0 amide bonds. The van der Waals surface area contributed by atoms with Crippen molar-refractivity contribution >= 4 is 27.3 Å². The van der Waals surface area contributed by atoms with Gasteiger partial charge in [0.1, 0.15) is 0 Å². The monoisotopic (exact) mass is 299 g/mol. The van der Waals surface area contributed by atoms with E-state index >= 15 is 0 Å². The minimum Gasteiger partial charge on any atom is -0.381 e. The van der Waals surface area contributed by atoms with Crippen molar-refractivity contribution in [3.63, 3.8) is 0 Å². The molecule has 1 atom stereocenters. The maximum atomic E-state index is 10.7. The Kier molecular flexibility index (Phi) is 3.96. The number of halogens is 1. The van der Waals surface area contributed by atoms with Crippen LogP contribution in [0.5, 0.6) is 0 Å². The fourth-order valence-corrected chi connectivity index (χ4v) is 2.48. The van der Waals surface area contributed by atoms with Crippen LogP contribution in [0.3, 0.4) is 0 Å². The van der Waals surface area contributed by atoms with Crippen LogP contribution in [0.4, 0.5) is 11.4 Å². The molecule has 92 valence electrons. The first-order chi connectivity index (χ1) is 8.16. The minimum absolute atomic E-state index is 0.0947. The molecule has 1 saturated heterocycles. The Morgan fingerprint density at radius 2 is 2.35 bits per heavy atom. The van der Waals surface area contributed by atoms with Crippen LogP contribution >= 0.6 is 15.9 Å². The molecule has 17 heavy (non-hydrogen) atoms. The zero-order valence-corrected chi connectivity index (χ0v) is 10.9. The maximum Gasteiger partial charge on any atom is 0.283 e. The van der Waals surface area contributed by atoms with E-state index in [1.807, 2.05) is 0 Å². The van der Waals surface area contributed by atoms with Crippen molar-refractivity contribution in [3.8, 4) is 0 Å². The van der Waals surface area contributed by atoms with Crippen molar-refractivity contribution < 1.29 is 4.92 Å². The first-order valence-corrected chi connectivity index (χ1v) is 6.37. The third kappa shape index (κ3) is 3.17. The largest absolute Gasteiger partial charge is 0.381 e. The average molecular weight is 300 g/mol. The zero-order valence-electron chi connectivity index (χ0n) is 9.28. The Hall–Kier alpha value is -1.14. The number of hydrogen-bond acceptors (Lipinski definition) is 4. The first kappa shape index (κ1) is 12.3. The van der Waals surface area contributed by atoms with Gasteiger partial charge in [-0.25, -0.2) is 0 Å². The van der Waals surface area contributed by atoms with Gasteiger partial charge in [-0.1, -0.05) is 0 Å². The second-order valence-corrected chi connectivity index (χ2v) is 4.97. The van der Waals surface area contributed by atoms with E-state index in [9.17, 15) is 10.1 Å². The summed E-state index contributed by atoms with van der Waals surface area (Å²) in [6.07, 6.45) is 2.29. The van der Waals surface area contributed by atoms with E-state index in [0.717, 1.165) is 31.6 Å². The van der Waals surface area contributed by atoms with Crippen LogP contribution in [0.25, 0.3) is 0 Å². The summed E-state index contributed by atoms with van der Waals surface area (Å²) in [6.45, 7) is 2.01. The van der Waals surface area contributed by atoms with Crippen molar-refractivity contribution in [1.29, 1.82) is 0 Å². The van der Waals surface area contributed by atoms with Gasteiger partial charge < -0.3 is 10.6 Å². The quantitative estimate of drug-likeness (QED) is 0.665. The number of rotatable bonds is 3. The van der Waals surface area contributed by atoms with Gasteiger partial charge in [0.2, 0.25) is 0 Å². The lowest BCUT2D eigenvalue weighted by molar-refractivity contribution is -0.385. The molecule has 0 radical (unpaired) electrons. The molecule has 0 bridgehead atoms. The third-order valence-electron chi connectivity index (χ3n) is 2.81. The highest BCUT2D eigenvalue weighted by atomic mass is 79.9. The zero-order chi connectivity index (χ0) is 12.3. The van der Waals surface area contributed by atoms with Gasteiger partial charge in [0.05, 0.1) is 9.40 Å². The van der Waals surface area contributed by atoms with Crippen LogP contribution in [-0.4, -0.2) is 24.1 Å². The molecule has 0 spiro atoms. The topological polar surface area (TPSA) is 67.2 Å². The summed E-state index contributed by atoms with van der Waals surface area (Å²) in [5.74, 6) is 0. The van der Waals surface area contributed by atoms with Crippen molar-refractivity contribution in [3.05, 3.63) is 32.8 Å². The molecular formula is C11H14BrN3O2. The lowest BCUT2D eigenvalue weighted by Gasteiger charge is -2.24. The highest BCUT2D eigenvalue weighted by molar-refractivity contribution is 9.10. The standard InChI is InChI=1S/C11H14BrN3O2/c12-10-6-8(3-4-11(10)15(16)17)14-9-2-1-5-13-7-9/h3-4,6,9,13-14H,1-2,5,7H2. The summed E-state index contributed by atoms with van der Waals surface area (Å²) in [6, 6.07) is 5.42. The van der Waals surface area contributed by atoms with Gasteiger partial charge in [0, 0.05) is 24.3 Å². The molecule has 2 N–H and O–H groups in total. The summed E-state index contributed by atoms with van der Waals surface area (Å²) in [4.78, 5) is 10.3. The highest BCUT2D eigenvalue weighted by Crippen LogP contribution is 2.28. The number of piperidine rings is 1. The SMILES string of the molecule is O=[N+]([O-])c1ccc(NC2CCCNC2)cc1Br. The van der Waals surface area contributed by atoms with E-state index in [1.165, 1.54) is 6.07 Å². The molecule has 0 saturated carbocycles. The molecule has 1 aliphatic heterocycles. The molecule has 1 fully saturated rings. The normalized spacial score (nSPS) is 19.9. The summed E-state index contributed by atoms with van der Waals surface area (Å²) in [5, 5.41) is 17.4. The lowest BCUT2D eigenvalue weighted by atomic mass is 10.1. The van der Waals surface area contributed by atoms with E-state index in [4.69, 9.17) is 0 Å². The van der Waals surface area contributed by atoms with E-state index < -0.39 is 4.92 Å². The van der Waals surface area contributed by atoms with Gasteiger partial charge in [-0.05, 0) is 47.4 Å². The van der Waals surface area contributed by atoms with E-state index in [1.54, 1.807) is 12.1 Å². The van der Waals surface area contributed by atoms with Crippen molar-refractivity contribution in [1.82, 2.24) is 5.32 Å². The molecule has 0 aliphatic carbocycles. The summed E-state index contributed by atoms with van der Waals surface area (Å²) >= 11 is 3.22. The van der Waals surface area contributed by atoms with Crippen LogP contribution in [0.2, 0.25) is 0 Å². The number of nitrogens with one attached hydrogen (secondary N) is 2. The first-order valence-electron chi connectivity index (χ1n) is 5.58. The van der Waals surface area contributed by atoms with Crippen LogP contribution in [-0.2, 0) is 0 Å². The minimum atomic E-state index is -0.393. The molecular weight excluding hydrogens is 286 g/mol. The molecule has 1 aliphatic rings. The predicted molar refractivity (Wildman–Crippen MR) is 70.3 cm³/mol. The van der Waals surface area contributed by atoms with Crippen molar-refractivity contribution in [2.45, 2.75) is 18.9 Å². The van der Waals surface area contributed by atoms with E-state index in [-0.39, 0.29) is 5.69 Å². The number of hydrogen-bond donors (Lipinski definition) is 2. The Balaban J connectivity index is 2.06. The third-order valence-corrected chi connectivity index (χ3v) is 3.45. The number of anilines is 1. The van der Waals surface area contributed by atoms with Gasteiger partial charge in [0.15, 0.2) is 0 Å². The van der Waals surface area contributed by atoms with E-state index in [0.29, 0.717) is 10.5 Å². The van der Waals surface area contributed by atoms with Crippen LogP contribution in [0.1, 0.15) is 12.8 Å². The number of benzene rings is 1. The van der Waals surface area contributed by atoms with Gasteiger partial charge in [-0.3, -0.25) is 10.1 Å². The Morgan fingerprint density at radius 3 is 2.94 bits per heavy atom. The van der Waals surface area contributed by atoms with Gasteiger partial charge >= 0.3 is 0 Å². The summed E-state index contributed by atoms with van der Waals surface area (Å²) in [7, 11) is 0. The van der Waals surface area contributed by atoms with Crippen LogP contribution < -0.4 is 10.6 Å². The fraction of sp³-hybridized carbons (Fsp3) is 0.455. The van der Waals surface area contributed by atoms with Gasteiger partial charge in [-0.2, -0.15) is 0 Å². The van der Waals surface area contributed by atoms with Gasteiger partial charge in [-0.15, -0.1) is 0 Å². The van der Waals surface area contributed by atoms with Crippen molar-refractivity contribution in [2.24, 2.45) is 0 Å². The molecule has 1 aromatic rings. The molecule has 1 unspecified atom stereocenters. The van der Waals surface area contributed by atoms with Gasteiger partial charge in [0.25, 0.3) is 5.69 Å². The lowest BCUT2D eigenvalue weighted by Crippen LogP contribution is -2.38. The second kappa shape index (κ2) is 5.46.